The van der Waals surface area contributed by atoms with Gasteiger partial charge in [0.1, 0.15) is 0 Å². The van der Waals surface area contributed by atoms with Crippen molar-refractivity contribution in [2.45, 2.75) is 13.3 Å². The summed E-state index contributed by atoms with van der Waals surface area (Å²) in [6.45, 7) is 2.12. The Hall–Kier alpha value is -1.25. The second-order valence-electron chi connectivity index (χ2n) is 2.68. The number of allylic oxidation sites excluding steroid dienone is 1. The maximum Gasteiger partial charge on any atom is 0.0582 e. The summed E-state index contributed by atoms with van der Waals surface area (Å²) in [5, 5.41) is 7.24. The van der Waals surface area contributed by atoms with Crippen molar-refractivity contribution in [3.63, 3.8) is 0 Å². The zero-order valence-corrected chi connectivity index (χ0v) is 7.83. The lowest BCUT2D eigenvalue weighted by molar-refractivity contribution is 0.767. The van der Waals surface area contributed by atoms with Gasteiger partial charge in [-0.1, -0.05) is 13.0 Å². The maximum atomic E-state index is 4.10. The standard InChI is InChI=1S/C9H15N3/c1-4-5-9(10-2)8-6-11-12(3)7-8/h5-7,10H,4H2,1-3H3/b9-5-. The van der Waals surface area contributed by atoms with E-state index in [2.05, 4.69) is 23.4 Å². The topological polar surface area (TPSA) is 29.9 Å². The van der Waals surface area contributed by atoms with E-state index in [9.17, 15) is 0 Å². The Morgan fingerprint density at radius 2 is 2.50 bits per heavy atom. The van der Waals surface area contributed by atoms with Crippen LogP contribution in [-0.4, -0.2) is 16.8 Å². The highest BCUT2D eigenvalue weighted by atomic mass is 15.2. The van der Waals surface area contributed by atoms with Gasteiger partial charge in [-0.2, -0.15) is 5.10 Å². The minimum Gasteiger partial charge on any atom is -0.388 e. The molecule has 0 atom stereocenters. The molecule has 0 aliphatic carbocycles. The Morgan fingerprint density at radius 1 is 1.75 bits per heavy atom. The highest BCUT2D eigenvalue weighted by Crippen LogP contribution is 2.09. The van der Waals surface area contributed by atoms with Gasteiger partial charge in [-0.25, -0.2) is 0 Å². The Balaban J connectivity index is 2.87. The molecule has 0 aliphatic rings. The van der Waals surface area contributed by atoms with E-state index in [0.717, 1.165) is 17.7 Å². The molecule has 0 amide bonds. The zero-order valence-electron chi connectivity index (χ0n) is 7.83. The molecule has 0 aromatic carbocycles. The summed E-state index contributed by atoms with van der Waals surface area (Å²) in [4.78, 5) is 0. The molecule has 3 nitrogen and oxygen atoms in total. The molecule has 0 bridgehead atoms. The Labute approximate surface area is 73.1 Å². The van der Waals surface area contributed by atoms with Crippen molar-refractivity contribution in [2.75, 3.05) is 7.05 Å². The fourth-order valence-corrected chi connectivity index (χ4v) is 1.13. The van der Waals surface area contributed by atoms with Gasteiger partial charge >= 0.3 is 0 Å². The summed E-state index contributed by atoms with van der Waals surface area (Å²) in [5.74, 6) is 0. The molecule has 0 fully saturated rings. The van der Waals surface area contributed by atoms with E-state index in [1.165, 1.54) is 0 Å². The number of hydrogen-bond donors (Lipinski definition) is 1. The van der Waals surface area contributed by atoms with Crippen molar-refractivity contribution < 1.29 is 0 Å². The van der Waals surface area contributed by atoms with E-state index in [1.807, 2.05) is 26.5 Å². The number of hydrogen-bond acceptors (Lipinski definition) is 2. The van der Waals surface area contributed by atoms with Gasteiger partial charge in [0, 0.05) is 31.6 Å². The predicted octanol–water partition coefficient (Wildman–Crippen LogP) is 1.39. The molecule has 0 aliphatic heterocycles. The molecule has 0 saturated carbocycles. The molecule has 0 unspecified atom stereocenters. The van der Waals surface area contributed by atoms with Crippen molar-refractivity contribution in [3.05, 3.63) is 24.0 Å². The third-order valence-corrected chi connectivity index (χ3v) is 1.69. The quantitative estimate of drug-likeness (QED) is 0.733. The smallest absolute Gasteiger partial charge is 0.0582 e. The van der Waals surface area contributed by atoms with Crippen LogP contribution in [-0.2, 0) is 7.05 Å². The summed E-state index contributed by atoms with van der Waals surface area (Å²) >= 11 is 0. The lowest BCUT2D eigenvalue weighted by Gasteiger charge is -2.01. The normalized spacial score (nSPS) is 11.8. The monoisotopic (exact) mass is 165 g/mol. The molecule has 66 valence electrons. The van der Waals surface area contributed by atoms with Crippen LogP contribution in [0.3, 0.4) is 0 Å². The van der Waals surface area contributed by atoms with Gasteiger partial charge < -0.3 is 5.32 Å². The van der Waals surface area contributed by atoms with Gasteiger partial charge in [-0.15, -0.1) is 0 Å². The van der Waals surface area contributed by atoms with Gasteiger partial charge in [-0.3, -0.25) is 4.68 Å². The van der Waals surface area contributed by atoms with E-state index in [0.29, 0.717) is 0 Å². The summed E-state index contributed by atoms with van der Waals surface area (Å²) < 4.78 is 1.80. The van der Waals surface area contributed by atoms with Crippen molar-refractivity contribution >= 4 is 5.70 Å². The molecule has 1 aromatic rings. The first-order valence-electron chi connectivity index (χ1n) is 4.14. The zero-order chi connectivity index (χ0) is 8.97. The van der Waals surface area contributed by atoms with Crippen LogP contribution in [0.5, 0.6) is 0 Å². The molecule has 0 spiro atoms. The van der Waals surface area contributed by atoms with Crippen LogP contribution in [0.1, 0.15) is 18.9 Å². The number of nitrogens with one attached hydrogen (secondary N) is 1. The SMILES string of the molecule is CC/C=C(\NC)c1cnn(C)c1. The van der Waals surface area contributed by atoms with Crippen molar-refractivity contribution in [2.24, 2.45) is 7.05 Å². The van der Waals surface area contributed by atoms with Crippen molar-refractivity contribution in [1.82, 2.24) is 15.1 Å². The molecule has 1 rings (SSSR count). The lowest BCUT2D eigenvalue weighted by atomic mass is 10.2. The van der Waals surface area contributed by atoms with E-state index in [1.54, 1.807) is 4.68 Å². The summed E-state index contributed by atoms with van der Waals surface area (Å²) in [7, 11) is 3.84. The lowest BCUT2D eigenvalue weighted by Crippen LogP contribution is -2.03. The van der Waals surface area contributed by atoms with Crippen molar-refractivity contribution in [3.8, 4) is 0 Å². The summed E-state index contributed by atoms with van der Waals surface area (Å²) in [6, 6.07) is 0. The third-order valence-electron chi connectivity index (χ3n) is 1.69. The van der Waals surface area contributed by atoms with E-state index >= 15 is 0 Å². The highest BCUT2D eigenvalue weighted by molar-refractivity contribution is 5.62. The molecule has 1 aromatic heterocycles. The molecular formula is C9H15N3. The van der Waals surface area contributed by atoms with Gasteiger partial charge in [0.25, 0.3) is 0 Å². The van der Waals surface area contributed by atoms with Crippen molar-refractivity contribution in [1.29, 1.82) is 0 Å². The van der Waals surface area contributed by atoms with Gasteiger partial charge in [0.15, 0.2) is 0 Å². The van der Waals surface area contributed by atoms with Crippen LogP contribution in [0.4, 0.5) is 0 Å². The average molecular weight is 165 g/mol. The molecule has 1 N–H and O–H groups in total. The number of aryl methyl sites for hydroxylation is 1. The van der Waals surface area contributed by atoms with Gasteiger partial charge in [0.05, 0.1) is 6.20 Å². The second kappa shape index (κ2) is 3.95. The molecule has 1 heterocycles. The first-order valence-corrected chi connectivity index (χ1v) is 4.14. The van der Waals surface area contributed by atoms with Crippen LogP contribution in [0, 0.1) is 0 Å². The first kappa shape index (κ1) is 8.84. The average Bonchev–Trinajstić information content (AvgIpc) is 2.47. The minimum absolute atomic E-state index is 1.03. The largest absolute Gasteiger partial charge is 0.388 e. The Bertz CT molecular complexity index is 273. The fraction of sp³-hybridized carbons (Fsp3) is 0.444. The van der Waals surface area contributed by atoms with Crippen LogP contribution in [0.15, 0.2) is 18.5 Å². The van der Waals surface area contributed by atoms with Crippen LogP contribution < -0.4 is 5.32 Å². The maximum absolute atomic E-state index is 4.10. The molecule has 3 heteroatoms. The Morgan fingerprint density at radius 3 is 2.92 bits per heavy atom. The summed E-state index contributed by atoms with van der Waals surface area (Å²) in [5.41, 5.74) is 2.28. The number of nitrogens with zero attached hydrogens (tertiary/aromatic N) is 2. The van der Waals surface area contributed by atoms with E-state index in [4.69, 9.17) is 0 Å². The third kappa shape index (κ3) is 1.87. The molecule has 12 heavy (non-hydrogen) atoms. The van der Waals surface area contributed by atoms with E-state index < -0.39 is 0 Å². The summed E-state index contributed by atoms with van der Waals surface area (Å²) in [6.07, 6.45) is 7.04. The highest BCUT2D eigenvalue weighted by Gasteiger charge is 1.99. The van der Waals surface area contributed by atoms with Gasteiger partial charge in [0.2, 0.25) is 0 Å². The second-order valence-corrected chi connectivity index (χ2v) is 2.68. The van der Waals surface area contributed by atoms with Crippen LogP contribution in [0.2, 0.25) is 0 Å². The first-order chi connectivity index (χ1) is 5.77. The van der Waals surface area contributed by atoms with Gasteiger partial charge in [-0.05, 0) is 6.42 Å². The minimum atomic E-state index is 1.03. The number of aromatic nitrogens is 2. The van der Waals surface area contributed by atoms with Crippen LogP contribution in [0.25, 0.3) is 5.70 Å². The molecule has 0 radical (unpaired) electrons. The predicted molar refractivity (Wildman–Crippen MR) is 50.5 cm³/mol. The molecular weight excluding hydrogens is 150 g/mol. The van der Waals surface area contributed by atoms with Crippen LogP contribution >= 0.6 is 0 Å². The Kier molecular flexibility index (Phi) is 2.91. The van der Waals surface area contributed by atoms with E-state index in [-0.39, 0.29) is 0 Å². The number of rotatable bonds is 3. The fourth-order valence-electron chi connectivity index (χ4n) is 1.13. The molecule has 0 saturated heterocycles.